The zero-order valence-electron chi connectivity index (χ0n) is 10.5. The topological polar surface area (TPSA) is 96.4 Å². The van der Waals surface area contributed by atoms with Crippen molar-refractivity contribution in [3.63, 3.8) is 0 Å². The minimum Gasteiger partial charge on any atom is -0.294 e. The third-order valence-electron chi connectivity index (χ3n) is 2.90. The molecule has 2 heterocycles. The summed E-state index contributed by atoms with van der Waals surface area (Å²) in [6.45, 7) is 1.27. The zero-order valence-corrected chi connectivity index (χ0v) is 12.1. The molecule has 0 aromatic carbocycles. The SMILES string of the molecule is CCC1C(=O)NC(=O)CN1S(=O)(=O)c1ccnc(Cl)c1. The van der Waals surface area contributed by atoms with Gasteiger partial charge in [-0.15, -0.1) is 0 Å². The number of nitrogens with one attached hydrogen (secondary N) is 1. The van der Waals surface area contributed by atoms with Crippen molar-refractivity contribution in [1.29, 1.82) is 0 Å². The number of hydrogen-bond acceptors (Lipinski definition) is 5. The van der Waals surface area contributed by atoms with Crippen LogP contribution in [-0.2, 0) is 19.6 Å². The maximum absolute atomic E-state index is 12.5. The van der Waals surface area contributed by atoms with Gasteiger partial charge in [-0.2, -0.15) is 4.31 Å². The first kappa shape index (κ1) is 14.9. The highest BCUT2D eigenvalue weighted by Gasteiger charge is 2.40. The van der Waals surface area contributed by atoms with Gasteiger partial charge in [-0.05, 0) is 18.6 Å². The Morgan fingerprint density at radius 1 is 1.50 bits per heavy atom. The number of rotatable bonds is 3. The average molecular weight is 318 g/mol. The van der Waals surface area contributed by atoms with Crippen LogP contribution in [0, 0.1) is 0 Å². The van der Waals surface area contributed by atoms with E-state index < -0.39 is 34.4 Å². The minimum absolute atomic E-state index is 0.0203. The molecule has 1 aliphatic rings. The van der Waals surface area contributed by atoms with Crippen molar-refractivity contribution in [1.82, 2.24) is 14.6 Å². The van der Waals surface area contributed by atoms with Crippen LogP contribution in [0.2, 0.25) is 5.15 Å². The Bertz CT molecular complexity index is 661. The van der Waals surface area contributed by atoms with Gasteiger partial charge in [-0.3, -0.25) is 14.9 Å². The second-order valence-electron chi connectivity index (χ2n) is 4.20. The summed E-state index contributed by atoms with van der Waals surface area (Å²) in [6.07, 6.45) is 1.51. The summed E-state index contributed by atoms with van der Waals surface area (Å²) < 4.78 is 25.9. The highest BCUT2D eigenvalue weighted by molar-refractivity contribution is 7.89. The molecule has 2 amide bonds. The van der Waals surface area contributed by atoms with Crippen molar-refractivity contribution < 1.29 is 18.0 Å². The number of halogens is 1. The lowest BCUT2D eigenvalue weighted by Gasteiger charge is -2.32. The first-order valence-electron chi connectivity index (χ1n) is 5.83. The van der Waals surface area contributed by atoms with Crippen molar-refractivity contribution in [2.45, 2.75) is 24.3 Å². The third-order valence-corrected chi connectivity index (χ3v) is 4.96. The quantitative estimate of drug-likeness (QED) is 0.633. The van der Waals surface area contributed by atoms with Gasteiger partial charge in [0.15, 0.2) is 0 Å². The molecule has 7 nitrogen and oxygen atoms in total. The van der Waals surface area contributed by atoms with Gasteiger partial charge >= 0.3 is 0 Å². The van der Waals surface area contributed by atoms with E-state index in [0.29, 0.717) is 0 Å². The van der Waals surface area contributed by atoms with E-state index in [1.54, 1.807) is 6.92 Å². The van der Waals surface area contributed by atoms with E-state index in [-0.39, 0.29) is 16.5 Å². The smallest absolute Gasteiger partial charge is 0.245 e. The number of carbonyl (C=O) groups is 2. The van der Waals surface area contributed by atoms with Crippen molar-refractivity contribution in [2.24, 2.45) is 0 Å². The number of hydrogen-bond donors (Lipinski definition) is 1. The third kappa shape index (κ3) is 2.67. The summed E-state index contributed by atoms with van der Waals surface area (Å²) in [5.41, 5.74) is 0. The molecular formula is C11H12ClN3O4S. The van der Waals surface area contributed by atoms with E-state index in [9.17, 15) is 18.0 Å². The fraction of sp³-hybridized carbons (Fsp3) is 0.364. The summed E-state index contributed by atoms with van der Waals surface area (Å²) in [6, 6.07) is 1.54. The molecule has 1 aliphatic heterocycles. The Labute approximate surface area is 121 Å². The molecular weight excluding hydrogens is 306 g/mol. The van der Waals surface area contributed by atoms with Crippen LogP contribution in [0.3, 0.4) is 0 Å². The Balaban J connectivity index is 2.46. The van der Waals surface area contributed by atoms with Crippen LogP contribution < -0.4 is 5.32 Å². The Morgan fingerprint density at radius 2 is 2.20 bits per heavy atom. The Hall–Kier alpha value is -1.51. The van der Waals surface area contributed by atoms with Gasteiger partial charge in [0.2, 0.25) is 21.8 Å². The maximum Gasteiger partial charge on any atom is 0.245 e. The van der Waals surface area contributed by atoms with Crippen LogP contribution in [0.4, 0.5) is 0 Å². The van der Waals surface area contributed by atoms with Crippen LogP contribution >= 0.6 is 11.6 Å². The molecule has 1 aromatic rings. The Morgan fingerprint density at radius 3 is 2.80 bits per heavy atom. The molecule has 1 aromatic heterocycles. The molecule has 0 saturated carbocycles. The molecule has 0 aliphatic carbocycles. The molecule has 0 bridgehead atoms. The van der Waals surface area contributed by atoms with Crippen molar-refractivity contribution in [3.05, 3.63) is 23.5 Å². The lowest BCUT2D eigenvalue weighted by atomic mass is 10.2. The van der Waals surface area contributed by atoms with Gasteiger partial charge in [-0.1, -0.05) is 18.5 Å². The van der Waals surface area contributed by atoms with E-state index >= 15 is 0 Å². The molecule has 20 heavy (non-hydrogen) atoms. The molecule has 108 valence electrons. The lowest BCUT2D eigenvalue weighted by molar-refractivity contribution is -0.137. The van der Waals surface area contributed by atoms with Crippen LogP contribution in [0.1, 0.15) is 13.3 Å². The van der Waals surface area contributed by atoms with Gasteiger partial charge in [-0.25, -0.2) is 13.4 Å². The number of piperazine rings is 1. The van der Waals surface area contributed by atoms with E-state index in [1.165, 1.54) is 18.3 Å². The second-order valence-corrected chi connectivity index (χ2v) is 6.48. The molecule has 0 radical (unpaired) electrons. The lowest BCUT2D eigenvalue weighted by Crippen LogP contribution is -2.59. The van der Waals surface area contributed by atoms with Crippen LogP contribution in [-0.4, -0.2) is 42.1 Å². The first-order chi connectivity index (χ1) is 9.36. The molecule has 1 unspecified atom stereocenters. The molecule has 2 rings (SSSR count). The number of pyridine rings is 1. The number of sulfonamides is 1. The summed E-state index contributed by atoms with van der Waals surface area (Å²) in [5.74, 6) is -1.27. The van der Waals surface area contributed by atoms with Crippen LogP contribution in [0.5, 0.6) is 0 Å². The predicted molar refractivity (Wildman–Crippen MR) is 70.4 cm³/mol. The molecule has 1 saturated heterocycles. The van der Waals surface area contributed by atoms with Crippen LogP contribution in [0.25, 0.3) is 0 Å². The van der Waals surface area contributed by atoms with Gasteiger partial charge in [0.05, 0.1) is 11.4 Å². The highest BCUT2D eigenvalue weighted by Crippen LogP contribution is 2.22. The van der Waals surface area contributed by atoms with Gasteiger partial charge in [0.1, 0.15) is 11.2 Å². The monoisotopic (exact) mass is 317 g/mol. The highest BCUT2D eigenvalue weighted by atomic mass is 35.5. The summed E-state index contributed by atoms with van der Waals surface area (Å²) in [7, 11) is -3.98. The fourth-order valence-corrected chi connectivity index (χ4v) is 3.83. The Kier molecular flexibility index (Phi) is 4.07. The largest absolute Gasteiger partial charge is 0.294 e. The van der Waals surface area contributed by atoms with E-state index in [2.05, 4.69) is 10.3 Å². The minimum atomic E-state index is -3.98. The summed E-state index contributed by atoms with van der Waals surface area (Å²) in [4.78, 5) is 26.7. The standard InChI is InChI=1S/C11H12ClN3O4S/c1-2-8-11(17)14-10(16)6-15(8)20(18,19)7-3-4-13-9(12)5-7/h3-5,8H,2,6H2,1H3,(H,14,16,17). The normalized spacial score (nSPS) is 20.8. The number of nitrogens with zero attached hydrogens (tertiary/aromatic N) is 2. The maximum atomic E-state index is 12.5. The summed E-state index contributed by atoms with van der Waals surface area (Å²) >= 11 is 5.68. The predicted octanol–water partition coefficient (Wildman–Crippen LogP) is 0.161. The van der Waals surface area contributed by atoms with Crippen molar-refractivity contribution >= 4 is 33.4 Å². The van der Waals surface area contributed by atoms with Crippen molar-refractivity contribution in [3.8, 4) is 0 Å². The van der Waals surface area contributed by atoms with Crippen LogP contribution in [0.15, 0.2) is 23.2 Å². The molecule has 1 atom stereocenters. The zero-order chi connectivity index (χ0) is 14.9. The van der Waals surface area contributed by atoms with Gasteiger partial charge in [0.25, 0.3) is 0 Å². The van der Waals surface area contributed by atoms with E-state index in [4.69, 9.17) is 11.6 Å². The average Bonchev–Trinajstić information content (AvgIpc) is 2.38. The van der Waals surface area contributed by atoms with Gasteiger partial charge < -0.3 is 0 Å². The number of aromatic nitrogens is 1. The second kappa shape index (κ2) is 5.47. The fourth-order valence-electron chi connectivity index (χ4n) is 1.96. The molecule has 1 fully saturated rings. The molecule has 1 N–H and O–H groups in total. The number of carbonyl (C=O) groups excluding carboxylic acids is 2. The molecule has 0 spiro atoms. The number of imide groups is 1. The van der Waals surface area contributed by atoms with E-state index in [1.807, 2.05) is 0 Å². The molecule has 9 heteroatoms. The van der Waals surface area contributed by atoms with E-state index in [0.717, 1.165) is 4.31 Å². The summed E-state index contributed by atoms with van der Waals surface area (Å²) in [5, 5.41) is 2.14. The van der Waals surface area contributed by atoms with Crippen molar-refractivity contribution in [2.75, 3.05) is 6.54 Å². The number of amides is 2. The van der Waals surface area contributed by atoms with Gasteiger partial charge in [0, 0.05) is 6.20 Å². The first-order valence-corrected chi connectivity index (χ1v) is 7.65.